The van der Waals surface area contributed by atoms with Crippen molar-refractivity contribution < 1.29 is 9.52 Å². The van der Waals surface area contributed by atoms with E-state index in [9.17, 15) is 9.90 Å². The second kappa shape index (κ2) is 5.69. The lowest BCUT2D eigenvalue weighted by molar-refractivity contribution is 0.425. The van der Waals surface area contributed by atoms with Gasteiger partial charge in [-0.2, -0.15) is 0 Å². The van der Waals surface area contributed by atoms with Gasteiger partial charge in [0.05, 0.1) is 5.39 Å². The Bertz CT molecular complexity index is 884. The van der Waals surface area contributed by atoms with E-state index in [1.165, 1.54) is 6.07 Å². The second-order valence-electron chi connectivity index (χ2n) is 5.56. The lowest BCUT2D eigenvalue weighted by Gasteiger charge is -2.12. The molecular formula is C17H18N2O3. The summed E-state index contributed by atoms with van der Waals surface area (Å²) >= 11 is 0. The van der Waals surface area contributed by atoms with Gasteiger partial charge in [-0.05, 0) is 38.4 Å². The fraction of sp³-hybridized carbons (Fsp3) is 0.235. The van der Waals surface area contributed by atoms with E-state index in [-0.39, 0.29) is 5.75 Å². The molecule has 3 rings (SSSR count). The quantitative estimate of drug-likeness (QED) is 0.572. The van der Waals surface area contributed by atoms with Gasteiger partial charge < -0.3 is 19.7 Å². The van der Waals surface area contributed by atoms with E-state index in [1.807, 2.05) is 32.3 Å². The van der Waals surface area contributed by atoms with Gasteiger partial charge in [-0.25, -0.2) is 4.79 Å². The number of rotatable bonds is 4. The number of phenolic OH excluding ortho intramolecular Hbond substituents is 1. The highest BCUT2D eigenvalue weighted by Crippen LogP contribution is 2.27. The molecule has 2 N–H and O–H groups in total. The molecule has 0 aliphatic rings. The maximum absolute atomic E-state index is 12.2. The number of hydrogen-bond acceptors (Lipinski definition) is 5. The smallest absolute Gasteiger partial charge is 0.344 e. The third kappa shape index (κ3) is 2.76. The van der Waals surface area contributed by atoms with Crippen LogP contribution in [0.3, 0.4) is 0 Å². The zero-order valence-corrected chi connectivity index (χ0v) is 12.6. The molecule has 0 unspecified atom stereocenters. The molecule has 0 saturated carbocycles. The molecule has 5 heteroatoms. The number of nitrogens with zero attached hydrogens (tertiary/aromatic N) is 1. The van der Waals surface area contributed by atoms with Gasteiger partial charge in [0.1, 0.15) is 11.3 Å². The van der Waals surface area contributed by atoms with E-state index < -0.39 is 5.63 Å². The van der Waals surface area contributed by atoms with Gasteiger partial charge in [0.15, 0.2) is 0 Å². The molecule has 1 aromatic heterocycles. The van der Waals surface area contributed by atoms with Crippen molar-refractivity contribution in [1.29, 1.82) is 0 Å². The average molecular weight is 298 g/mol. The molecule has 0 amide bonds. The number of nitrogens with one attached hydrogen (secondary N) is 1. The number of fused-ring (bicyclic) bond motifs is 3. The first-order valence-electron chi connectivity index (χ1n) is 7.13. The number of likely N-dealkylation sites (N-methyl/N-ethyl adjacent to an activating group) is 1. The molecule has 3 aromatic rings. The van der Waals surface area contributed by atoms with Gasteiger partial charge in [-0.1, -0.05) is 6.07 Å². The number of phenols is 1. The second-order valence-corrected chi connectivity index (χ2v) is 5.56. The Hall–Kier alpha value is -2.53. The van der Waals surface area contributed by atoms with Crippen LogP contribution < -0.4 is 10.9 Å². The third-order valence-corrected chi connectivity index (χ3v) is 3.59. The van der Waals surface area contributed by atoms with Crippen molar-refractivity contribution in [2.24, 2.45) is 0 Å². The van der Waals surface area contributed by atoms with Gasteiger partial charge in [-0.3, -0.25) is 0 Å². The normalized spacial score (nSPS) is 11.4. The molecule has 0 spiro atoms. The SMILES string of the molecule is CN(C)CCNc1ccc2c(c1)c(=O)oc1cc(O)ccc12. The van der Waals surface area contributed by atoms with Gasteiger partial charge in [0.25, 0.3) is 0 Å². The largest absolute Gasteiger partial charge is 0.508 e. The Kier molecular flexibility index (Phi) is 3.73. The predicted molar refractivity (Wildman–Crippen MR) is 88.7 cm³/mol. The van der Waals surface area contributed by atoms with Crippen molar-refractivity contribution in [3.05, 3.63) is 46.8 Å². The van der Waals surface area contributed by atoms with Crippen LogP contribution in [-0.2, 0) is 0 Å². The minimum absolute atomic E-state index is 0.0805. The van der Waals surface area contributed by atoms with Crippen LogP contribution in [0.2, 0.25) is 0 Å². The van der Waals surface area contributed by atoms with Crippen molar-refractivity contribution in [3.8, 4) is 5.75 Å². The average Bonchev–Trinajstić information content (AvgIpc) is 2.47. The van der Waals surface area contributed by atoms with Gasteiger partial charge in [0.2, 0.25) is 0 Å². The summed E-state index contributed by atoms with van der Waals surface area (Å²) < 4.78 is 5.30. The minimum atomic E-state index is -0.399. The topological polar surface area (TPSA) is 65.7 Å². The van der Waals surface area contributed by atoms with Crippen LogP contribution >= 0.6 is 0 Å². The minimum Gasteiger partial charge on any atom is -0.508 e. The first kappa shape index (κ1) is 14.4. The zero-order valence-electron chi connectivity index (χ0n) is 12.6. The summed E-state index contributed by atoms with van der Waals surface area (Å²) in [5.41, 5.74) is 0.884. The van der Waals surface area contributed by atoms with E-state index in [2.05, 4.69) is 10.2 Å². The van der Waals surface area contributed by atoms with Crippen molar-refractivity contribution in [1.82, 2.24) is 4.90 Å². The van der Waals surface area contributed by atoms with Crippen LogP contribution in [0.15, 0.2) is 45.6 Å². The zero-order chi connectivity index (χ0) is 15.7. The standard InChI is InChI=1S/C17H18N2O3/c1-19(2)8-7-18-11-3-5-13-14-6-4-12(20)10-16(14)22-17(21)15(13)9-11/h3-6,9-10,18,20H,7-8H2,1-2H3. The Morgan fingerprint density at radius 2 is 1.86 bits per heavy atom. The molecule has 2 aromatic carbocycles. The molecule has 0 fully saturated rings. The summed E-state index contributed by atoms with van der Waals surface area (Å²) in [5.74, 6) is 0.0805. The molecule has 0 atom stereocenters. The maximum atomic E-state index is 12.2. The molecule has 114 valence electrons. The first-order valence-corrected chi connectivity index (χ1v) is 7.13. The van der Waals surface area contributed by atoms with Crippen molar-refractivity contribution >= 4 is 27.4 Å². The van der Waals surface area contributed by atoms with E-state index in [4.69, 9.17) is 4.42 Å². The number of aromatic hydroxyl groups is 1. The molecule has 0 radical (unpaired) electrons. The predicted octanol–water partition coefficient (Wildman–Crippen LogP) is 2.63. The van der Waals surface area contributed by atoms with Crippen molar-refractivity contribution in [2.45, 2.75) is 0 Å². The maximum Gasteiger partial charge on any atom is 0.344 e. The summed E-state index contributed by atoms with van der Waals surface area (Å²) in [6, 6.07) is 10.5. The van der Waals surface area contributed by atoms with Crippen molar-refractivity contribution in [2.75, 3.05) is 32.5 Å². The van der Waals surface area contributed by atoms with Crippen LogP contribution in [0.25, 0.3) is 21.7 Å². The molecular weight excluding hydrogens is 280 g/mol. The Morgan fingerprint density at radius 3 is 2.64 bits per heavy atom. The number of hydrogen-bond donors (Lipinski definition) is 2. The summed E-state index contributed by atoms with van der Waals surface area (Å²) in [6.07, 6.45) is 0. The van der Waals surface area contributed by atoms with Gasteiger partial charge in [-0.15, -0.1) is 0 Å². The van der Waals surface area contributed by atoms with Gasteiger partial charge >= 0.3 is 5.63 Å². The molecule has 0 saturated heterocycles. The molecule has 0 aliphatic heterocycles. The number of anilines is 1. The summed E-state index contributed by atoms with van der Waals surface area (Å²) in [7, 11) is 4.02. The highest BCUT2D eigenvalue weighted by atomic mass is 16.4. The van der Waals surface area contributed by atoms with Crippen molar-refractivity contribution in [3.63, 3.8) is 0 Å². The Balaban J connectivity index is 2.05. The fourth-order valence-corrected chi connectivity index (χ4v) is 2.45. The Labute approximate surface area is 127 Å². The Morgan fingerprint density at radius 1 is 1.09 bits per heavy atom. The summed E-state index contributed by atoms with van der Waals surface area (Å²) in [4.78, 5) is 14.2. The van der Waals surface area contributed by atoms with Crippen LogP contribution in [-0.4, -0.2) is 37.2 Å². The highest BCUT2D eigenvalue weighted by molar-refractivity contribution is 6.05. The molecule has 0 bridgehead atoms. The fourth-order valence-electron chi connectivity index (χ4n) is 2.45. The van der Waals surface area contributed by atoms with Crippen LogP contribution in [0.4, 0.5) is 5.69 Å². The van der Waals surface area contributed by atoms with Crippen LogP contribution in [0.1, 0.15) is 0 Å². The lowest BCUT2D eigenvalue weighted by atomic mass is 10.1. The summed E-state index contributed by atoms with van der Waals surface area (Å²) in [6.45, 7) is 1.70. The number of benzene rings is 2. The van der Waals surface area contributed by atoms with Gasteiger partial charge in [0, 0.05) is 35.6 Å². The van der Waals surface area contributed by atoms with Crippen LogP contribution in [0.5, 0.6) is 5.75 Å². The first-order chi connectivity index (χ1) is 10.5. The lowest BCUT2D eigenvalue weighted by Crippen LogP contribution is -2.20. The van der Waals surface area contributed by atoms with E-state index in [0.717, 1.165) is 29.5 Å². The molecule has 1 heterocycles. The van der Waals surface area contributed by atoms with E-state index in [1.54, 1.807) is 12.1 Å². The molecule has 5 nitrogen and oxygen atoms in total. The molecule has 0 aliphatic carbocycles. The highest BCUT2D eigenvalue weighted by Gasteiger charge is 2.08. The van der Waals surface area contributed by atoms with E-state index in [0.29, 0.717) is 11.0 Å². The van der Waals surface area contributed by atoms with E-state index >= 15 is 0 Å². The summed E-state index contributed by atoms with van der Waals surface area (Å²) in [5, 5.41) is 15.0. The van der Waals surface area contributed by atoms with Crippen LogP contribution in [0, 0.1) is 0 Å². The molecule has 22 heavy (non-hydrogen) atoms. The monoisotopic (exact) mass is 298 g/mol. The third-order valence-electron chi connectivity index (χ3n) is 3.59.